The van der Waals surface area contributed by atoms with Crippen molar-refractivity contribution in [1.82, 2.24) is 10.3 Å². The summed E-state index contributed by atoms with van der Waals surface area (Å²) in [7, 11) is 0. The Morgan fingerprint density at radius 3 is 2.19 bits per heavy atom. The molecule has 2 rings (SSSR count). The molecule has 0 saturated carbocycles. The molecule has 0 aliphatic carbocycles. The fourth-order valence-corrected chi connectivity index (χ4v) is 2.83. The van der Waals surface area contributed by atoms with Crippen LogP contribution in [0.15, 0.2) is 48.8 Å². The smallest absolute Gasteiger partial charge is 0.287 e. The summed E-state index contributed by atoms with van der Waals surface area (Å²) in [6.07, 6.45) is 2.47. The van der Waals surface area contributed by atoms with Crippen molar-refractivity contribution in [1.29, 1.82) is 0 Å². The number of nitrogens with two attached hydrogens (primary N) is 1. The van der Waals surface area contributed by atoms with Crippen LogP contribution in [0.1, 0.15) is 32.3 Å². The Labute approximate surface area is 180 Å². The highest BCUT2D eigenvalue weighted by atomic mass is 16.5. The molecule has 9 heteroatoms. The van der Waals surface area contributed by atoms with Crippen molar-refractivity contribution < 1.29 is 29.3 Å². The zero-order valence-electron chi connectivity index (χ0n) is 17.5. The second kappa shape index (κ2) is 10.1. The van der Waals surface area contributed by atoms with Gasteiger partial charge in [0.15, 0.2) is 5.60 Å². The molecule has 0 radical (unpaired) electrons. The van der Waals surface area contributed by atoms with Gasteiger partial charge in [-0.1, -0.05) is 26.0 Å². The van der Waals surface area contributed by atoms with Crippen LogP contribution < -0.4 is 15.8 Å². The van der Waals surface area contributed by atoms with Crippen LogP contribution in [0.25, 0.3) is 0 Å². The lowest BCUT2D eigenvalue weighted by Gasteiger charge is -2.38. The zero-order chi connectivity index (χ0) is 23.1. The normalized spacial score (nSPS) is 13.2. The number of ketones is 1. The minimum atomic E-state index is -2.12. The summed E-state index contributed by atoms with van der Waals surface area (Å²) in [6.45, 7) is 2.49. The van der Waals surface area contributed by atoms with Gasteiger partial charge in [0.2, 0.25) is 11.7 Å². The van der Waals surface area contributed by atoms with E-state index in [0.717, 1.165) is 5.56 Å². The van der Waals surface area contributed by atoms with Crippen LogP contribution >= 0.6 is 0 Å². The van der Waals surface area contributed by atoms with E-state index >= 15 is 0 Å². The SMILES string of the molecule is CC(C)(CO)[C@](O)(CCC(=O)C(=O)NCc1ccc(Oc2ccncc2)cc1)C(N)=O. The van der Waals surface area contributed by atoms with Gasteiger partial charge in [0.1, 0.15) is 11.5 Å². The molecule has 1 aromatic carbocycles. The Morgan fingerprint density at radius 1 is 1.06 bits per heavy atom. The number of benzene rings is 1. The van der Waals surface area contributed by atoms with E-state index in [1.807, 2.05) is 0 Å². The predicted molar refractivity (Wildman–Crippen MR) is 112 cm³/mol. The van der Waals surface area contributed by atoms with Crippen molar-refractivity contribution >= 4 is 17.6 Å². The van der Waals surface area contributed by atoms with Gasteiger partial charge in [0.05, 0.1) is 6.61 Å². The van der Waals surface area contributed by atoms with Crippen molar-refractivity contribution in [2.45, 2.75) is 38.8 Å². The number of aliphatic hydroxyl groups is 2. The molecule has 0 aliphatic heterocycles. The predicted octanol–water partition coefficient (Wildman–Crippen LogP) is 1.07. The summed E-state index contributed by atoms with van der Waals surface area (Å²) >= 11 is 0. The number of aliphatic hydroxyl groups excluding tert-OH is 1. The number of primary amides is 1. The van der Waals surface area contributed by atoms with Gasteiger partial charge in [-0.05, 0) is 36.2 Å². The third-order valence-electron chi connectivity index (χ3n) is 5.15. The number of hydrogen-bond donors (Lipinski definition) is 4. The monoisotopic (exact) mass is 429 g/mol. The van der Waals surface area contributed by atoms with E-state index in [1.165, 1.54) is 13.8 Å². The fraction of sp³-hybridized carbons (Fsp3) is 0.364. The van der Waals surface area contributed by atoms with Crippen LogP contribution in [0.2, 0.25) is 0 Å². The first-order valence-electron chi connectivity index (χ1n) is 9.70. The van der Waals surface area contributed by atoms with Crippen molar-refractivity contribution in [2.24, 2.45) is 11.1 Å². The Balaban J connectivity index is 1.87. The summed E-state index contributed by atoms with van der Waals surface area (Å²) in [5.74, 6) is -1.46. The number of amides is 2. The minimum Gasteiger partial charge on any atom is -0.457 e. The third kappa shape index (κ3) is 6.09. The molecule has 1 atom stereocenters. The van der Waals surface area contributed by atoms with Gasteiger partial charge >= 0.3 is 0 Å². The number of ether oxygens (including phenoxy) is 1. The molecule has 166 valence electrons. The van der Waals surface area contributed by atoms with Crippen LogP contribution in [0.4, 0.5) is 0 Å². The molecular formula is C22H27N3O6. The van der Waals surface area contributed by atoms with Gasteiger partial charge in [-0.2, -0.15) is 0 Å². The van der Waals surface area contributed by atoms with Crippen LogP contribution in [-0.4, -0.2) is 45.0 Å². The van der Waals surface area contributed by atoms with Crippen LogP contribution in [0, 0.1) is 5.41 Å². The van der Waals surface area contributed by atoms with E-state index in [4.69, 9.17) is 10.5 Å². The number of nitrogens with zero attached hydrogens (tertiary/aromatic N) is 1. The van der Waals surface area contributed by atoms with Crippen molar-refractivity contribution in [3.63, 3.8) is 0 Å². The van der Waals surface area contributed by atoms with Crippen molar-refractivity contribution in [3.8, 4) is 11.5 Å². The molecule has 0 saturated heterocycles. The number of pyridine rings is 1. The molecule has 5 N–H and O–H groups in total. The number of Topliss-reactive ketones (excluding diaryl/α,β-unsaturated/α-hetero) is 1. The molecule has 31 heavy (non-hydrogen) atoms. The van der Waals surface area contributed by atoms with Crippen LogP contribution in [0.5, 0.6) is 11.5 Å². The first-order valence-corrected chi connectivity index (χ1v) is 9.70. The van der Waals surface area contributed by atoms with Gasteiger partial charge in [-0.25, -0.2) is 0 Å². The Hall–Kier alpha value is -3.30. The van der Waals surface area contributed by atoms with E-state index in [1.54, 1.807) is 48.8 Å². The molecule has 0 spiro atoms. The lowest BCUT2D eigenvalue weighted by molar-refractivity contribution is -0.157. The number of nitrogens with one attached hydrogen (secondary N) is 1. The molecular weight excluding hydrogens is 402 g/mol. The maximum atomic E-state index is 12.1. The molecule has 2 amide bonds. The summed E-state index contributed by atoms with van der Waals surface area (Å²) in [6, 6.07) is 10.4. The lowest BCUT2D eigenvalue weighted by Crippen LogP contribution is -2.56. The maximum absolute atomic E-state index is 12.1. The quantitative estimate of drug-likeness (QED) is 0.390. The van der Waals surface area contributed by atoms with E-state index in [-0.39, 0.29) is 13.0 Å². The van der Waals surface area contributed by atoms with E-state index in [0.29, 0.717) is 11.5 Å². The number of aromatic nitrogens is 1. The summed E-state index contributed by atoms with van der Waals surface area (Å²) in [5, 5.41) is 22.5. The second-order valence-corrected chi connectivity index (χ2v) is 7.80. The number of carbonyl (C=O) groups is 3. The first-order chi connectivity index (χ1) is 14.6. The molecule has 9 nitrogen and oxygen atoms in total. The van der Waals surface area contributed by atoms with Gasteiger partial charge < -0.3 is 26.0 Å². The zero-order valence-corrected chi connectivity index (χ0v) is 17.5. The number of rotatable bonds is 11. The molecule has 0 bridgehead atoms. The second-order valence-electron chi connectivity index (χ2n) is 7.80. The molecule has 1 aromatic heterocycles. The van der Waals surface area contributed by atoms with Crippen molar-refractivity contribution in [3.05, 3.63) is 54.4 Å². The highest BCUT2D eigenvalue weighted by Gasteiger charge is 2.48. The highest BCUT2D eigenvalue weighted by Crippen LogP contribution is 2.34. The van der Waals surface area contributed by atoms with Gasteiger partial charge in [0, 0.05) is 30.8 Å². The topological polar surface area (TPSA) is 152 Å². The van der Waals surface area contributed by atoms with E-state index in [2.05, 4.69) is 10.3 Å². The van der Waals surface area contributed by atoms with Crippen molar-refractivity contribution in [2.75, 3.05) is 6.61 Å². The van der Waals surface area contributed by atoms with Gasteiger partial charge in [0.25, 0.3) is 5.91 Å². The first kappa shape index (κ1) is 24.0. The average molecular weight is 429 g/mol. The van der Waals surface area contributed by atoms with E-state index < -0.39 is 41.6 Å². The summed E-state index contributed by atoms with van der Waals surface area (Å²) in [5.41, 5.74) is 2.62. The number of carbonyl (C=O) groups excluding carboxylic acids is 3. The van der Waals surface area contributed by atoms with Crippen LogP contribution in [-0.2, 0) is 20.9 Å². The standard InChI is InChI=1S/C22H27N3O6/c1-21(2,14-26)22(30,20(23)29)10-7-18(27)19(28)25-13-15-3-5-16(6-4-15)31-17-8-11-24-12-9-17/h3-6,8-9,11-12,26,30H,7,10,13-14H2,1-2H3,(H2,23,29)(H,25,28)/t22-/m0/s1. The highest BCUT2D eigenvalue weighted by molar-refractivity contribution is 6.36. The van der Waals surface area contributed by atoms with Gasteiger partial charge in [-0.15, -0.1) is 0 Å². The van der Waals surface area contributed by atoms with Gasteiger partial charge in [-0.3, -0.25) is 19.4 Å². The molecule has 0 fully saturated rings. The minimum absolute atomic E-state index is 0.113. The lowest BCUT2D eigenvalue weighted by atomic mass is 9.72. The largest absolute Gasteiger partial charge is 0.457 e. The van der Waals surface area contributed by atoms with E-state index in [9.17, 15) is 24.6 Å². The molecule has 0 unspecified atom stereocenters. The molecule has 2 aromatic rings. The maximum Gasteiger partial charge on any atom is 0.287 e. The summed E-state index contributed by atoms with van der Waals surface area (Å²) < 4.78 is 5.66. The molecule has 0 aliphatic rings. The van der Waals surface area contributed by atoms with Crippen LogP contribution in [0.3, 0.4) is 0 Å². The third-order valence-corrected chi connectivity index (χ3v) is 5.15. The fourth-order valence-electron chi connectivity index (χ4n) is 2.83. The number of hydrogen-bond acceptors (Lipinski definition) is 7. The average Bonchev–Trinajstić information content (AvgIpc) is 2.76. The Bertz CT molecular complexity index is 915. The summed E-state index contributed by atoms with van der Waals surface area (Å²) in [4.78, 5) is 39.8. The Morgan fingerprint density at radius 2 is 1.65 bits per heavy atom. The molecule has 1 heterocycles. The Kier molecular flexibility index (Phi) is 7.84.